The van der Waals surface area contributed by atoms with Crippen LogP contribution in [0.2, 0.25) is 0 Å². The topological polar surface area (TPSA) is 69.6 Å². The zero-order valence-electron chi connectivity index (χ0n) is 10.7. The van der Waals surface area contributed by atoms with Crippen LogP contribution in [0.5, 0.6) is 0 Å². The Labute approximate surface area is 108 Å². The van der Waals surface area contributed by atoms with Crippen LogP contribution in [0.1, 0.15) is 25.3 Å². The highest BCUT2D eigenvalue weighted by molar-refractivity contribution is 5.73. The number of carbonyl (C=O) groups is 1. The molecule has 1 rings (SSSR count). The fraction of sp³-hybridized carbons (Fsp3) is 0.500. The molecule has 1 aromatic rings. The molecule has 0 fully saturated rings. The third kappa shape index (κ3) is 4.85. The minimum Gasteiger partial charge on any atom is -0.480 e. The van der Waals surface area contributed by atoms with E-state index in [-0.39, 0.29) is 12.6 Å². The molecule has 4 heteroatoms. The molecule has 0 saturated heterocycles. The molecule has 2 unspecified atom stereocenters. The lowest BCUT2D eigenvalue weighted by Crippen LogP contribution is -2.46. The Bertz CT molecular complexity index is 353. The summed E-state index contributed by atoms with van der Waals surface area (Å²) in [5.41, 5.74) is 1.09. The first-order valence-electron chi connectivity index (χ1n) is 6.31. The van der Waals surface area contributed by atoms with Crippen molar-refractivity contribution < 1.29 is 15.0 Å². The molecule has 100 valence electrons. The van der Waals surface area contributed by atoms with E-state index in [1.807, 2.05) is 37.3 Å². The Morgan fingerprint density at radius 3 is 2.50 bits per heavy atom. The molecule has 0 heterocycles. The van der Waals surface area contributed by atoms with E-state index in [9.17, 15) is 9.90 Å². The third-order valence-electron chi connectivity index (χ3n) is 2.86. The molecule has 0 spiro atoms. The Kier molecular flexibility index (Phi) is 6.39. The summed E-state index contributed by atoms with van der Waals surface area (Å²) >= 11 is 0. The van der Waals surface area contributed by atoms with Crippen molar-refractivity contribution in [1.29, 1.82) is 0 Å². The van der Waals surface area contributed by atoms with Gasteiger partial charge in [-0.25, -0.2) is 0 Å². The van der Waals surface area contributed by atoms with Crippen LogP contribution in [-0.4, -0.2) is 34.9 Å². The molecule has 0 aliphatic carbocycles. The maximum absolute atomic E-state index is 11.0. The molecule has 0 aliphatic heterocycles. The highest BCUT2D eigenvalue weighted by Crippen LogP contribution is 2.05. The number of aliphatic carboxylic acids is 1. The van der Waals surface area contributed by atoms with Crippen LogP contribution in [0.3, 0.4) is 0 Å². The van der Waals surface area contributed by atoms with Gasteiger partial charge in [0.15, 0.2) is 0 Å². The second-order valence-electron chi connectivity index (χ2n) is 4.42. The van der Waals surface area contributed by atoms with Crippen molar-refractivity contribution in [2.75, 3.05) is 6.61 Å². The first-order valence-corrected chi connectivity index (χ1v) is 6.31. The van der Waals surface area contributed by atoms with E-state index in [0.717, 1.165) is 12.0 Å². The van der Waals surface area contributed by atoms with Gasteiger partial charge in [0.25, 0.3) is 0 Å². The van der Waals surface area contributed by atoms with Gasteiger partial charge in [-0.3, -0.25) is 10.1 Å². The van der Waals surface area contributed by atoms with Crippen molar-refractivity contribution in [3.05, 3.63) is 35.9 Å². The maximum Gasteiger partial charge on any atom is 0.320 e. The first kappa shape index (κ1) is 14.7. The number of carboxylic acid groups (broad SMARTS) is 1. The lowest BCUT2D eigenvalue weighted by Gasteiger charge is -2.21. The van der Waals surface area contributed by atoms with Crippen molar-refractivity contribution in [3.63, 3.8) is 0 Å². The highest BCUT2D eigenvalue weighted by Gasteiger charge is 2.20. The average Bonchev–Trinajstić information content (AvgIpc) is 2.38. The van der Waals surface area contributed by atoms with Crippen LogP contribution in [0.15, 0.2) is 30.3 Å². The van der Waals surface area contributed by atoms with Gasteiger partial charge in [-0.1, -0.05) is 43.7 Å². The van der Waals surface area contributed by atoms with Crippen molar-refractivity contribution >= 4 is 5.97 Å². The van der Waals surface area contributed by atoms with E-state index < -0.39 is 12.0 Å². The number of rotatable bonds is 8. The van der Waals surface area contributed by atoms with E-state index >= 15 is 0 Å². The summed E-state index contributed by atoms with van der Waals surface area (Å²) in [5.74, 6) is -0.858. The molecule has 0 saturated carbocycles. The van der Waals surface area contributed by atoms with Gasteiger partial charge < -0.3 is 10.2 Å². The van der Waals surface area contributed by atoms with Gasteiger partial charge in [-0.05, 0) is 18.4 Å². The Morgan fingerprint density at radius 1 is 1.33 bits per heavy atom. The standard InChI is InChI=1S/C14H21NO3/c1-2-6-13(14(17)18)15-12(10-16)9-11-7-4-3-5-8-11/h3-5,7-8,12-13,15-16H,2,6,9-10H2,1H3,(H,17,18). The quantitative estimate of drug-likeness (QED) is 0.654. The molecule has 2 atom stereocenters. The molecule has 1 aromatic carbocycles. The molecular weight excluding hydrogens is 230 g/mol. The Hall–Kier alpha value is -1.39. The van der Waals surface area contributed by atoms with Gasteiger partial charge in [-0.2, -0.15) is 0 Å². The maximum atomic E-state index is 11.0. The monoisotopic (exact) mass is 251 g/mol. The van der Waals surface area contributed by atoms with Gasteiger partial charge >= 0.3 is 5.97 Å². The fourth-order valence-corrected chi connectivity index (χ4v) is 1.93. The van der Waals surface area contributed by atoms with Crippen LogP contribution >= 0.6 is 0 Å². The number of aliphatic hydroxyl groups is 1. The van der Waals surface area contributed by atoms with Gasteiger partial charge in [0.2, 0.25) is 0 Å². The van der Waals surface area contributed by atoms with Crippen molar-refractivity contribution in [3.8, 4) is 0 Å². The predicted molar refractivity (Wildman–Crippen MR) is 70.5 cm³/mol. The van der Waals surface area contributed by atoms with Gasteiger partial charge in [-0.15, -0.1) is 0 Å². The summed E-state index contributed by atoms with van der Waals surface area (Å²) in [4.78, 5) is 11.0. The zero-order valence-corrected chi connectivity index (χ0v) is 10.7. The van der Waals surface area contributed by atoms with E-state index in [4.69, 9.17) is 5.11 Å². The molecular formula is C14H21NO3. The van der Waals surface area contributed by atoms with Crippen molar-refractivity contribution in [2.45, 2.75) is 38.3 Å². The van der Waals surface area contributed by atoms with E-state index in [1.54, 1.807) is 0 Å². The molecule has 0 radical (unpaired) electrons. The molecule has 3 N–H and O–H groups in total. The highest BCUT2D eigenvalue weighted by atomic mass is 16.4. The van der Waals surface area contributed by atoms with Crippen LogP contribution in [0.25, 0.3) is 0 Å². The van der Waals surface area contributed by atoms with Crippen LogP contribution < -0.4 is 5.32 Å². The third-order valence-corrected chi connectivity index (χ3v) is 2.86. The summed E-state index contributed by atoms with van der Waals surface area (Å²) in [6.07, 6.45) is 2.00. The molecule has 0 bridgehead atoms. The van der Waals surface area contributed by atoms with Crippen molar-refractivity contribution in [2.24, 2.45) is 0 Å². The number of hydrogen-bond acceptors (Lipinski definition) is 3. The normalized spacial score (nSPS) is 14.1. The lowest BCUT2D eigenvalue weighted by atomic mass is 10.0. The van der Waals surface area contributed by atoms with Gasteiger partial charge in [0, 0.05) is 6.04 Å². The number of carboxylic acids is 1. The number of aliphatic hydroxyl groups excluding tert-OH is 1. The van der Waals surface area contributed by atoms with Crippen LogP contribution in [0, 0.1) is 0 Å². The fourth-order valence-electron chi connectivity index (χ4n) is 1.93. The number of hydrogen-bond donors (Lipinski definition) is 3. The minimum absolute atomic E-state index is 0.0671. The van der Waals surface area contributed by atoms with Crippen LogP contribution in [-0.2, 0) is 11.2 Å². The molecule has 0 amide bonds. The second kappa shape index (κ2) is 7.84. The van der Waals surface area contributed by atoms with Crippen molar-refractivity contribution in [1.82, 2.24) is 5.32 Å². The molecule has 4 nitrogen and oxygen atoms in total. The van der Waals surface area contributed by atoms with Gasteiger partial charge in [0.05, 0.1) is 6.61 Å². The summed E-state index contributed by atoms with van der Waals surface area (Å²) in [7, 11) is 0. The number of benzene rings is 1. The summed E-state index contributed by atoms with van der Waals surface area (Å²) in [5, 5.41) is 21.4. The van der Waals surface area contributed by atoms with Crippen LogP contribution in [0.4, 0.5) is 0 Å². The average molecular weight is 251 g/mol. The van der Waals surface area contributed by atoms with E-state index in [2.05, 4.69) is 5.32 Å². The van der Waals surface area contributed by atoms with E-state index in [0.29, 0.717) is 12.8 Å². The van der Waals surface area contributed by atoms with Gasteiger partial charge in [0.1, 0.15) is 6.04 Å². The smallest absolute Gasteiger partial charge is 0.320 e. The zero-order chi connectivity index (χ0) is 13.4. The largest absolute Gasteiger partial charge is 0.480 e. The first-order chi connectivity index (χ1) is 8.67. The van der Waals surface area contributed by atoms with E-state index in [1.165, 1.54) is 0 Å². The Balaban J connectivity index is 2.57. The second-order valence-corrected chi connectivity index (χ2v) is 4.42. The Morgan fingerprint density at radius 2 is 2.00 bits per heavy atom. The minimum atomic E-state index is -0.858. The summed E-state index contributed by atoms with van der Waals surface area (Å²) in [6, 6.07) is 8.94. The molecule has 18 heavy (non-hydrogen) atoms. The molecule has 0 aliphatic rings. The predicted octanol–water partition coefficient (Wildman–Crippen LogP) is 1.43. The SMILES string of the molecule is CCCC(NC(CO)Cc1ccccc1)C(=O)O. The summed E-state index contributed by atoms with van der Waals surface area (Å²) < 4.78 is 0. The summed E-state index contributed by atoms with van der Waals surface area (Å²) in [6.45, 7) is 1.88. The number of nitrogens with one attached hydrogen (secondary N) is 1. The lowest BCUT2D eigenvalue weighted by molar-refractivity contribution is -0.140. The molecule has 0 aromatic heterocycles.